The Morgan fingerprint density at radius 2 is 1.82 bits per heavy atom. The van der Waals surface area contributed by atoms with Crippen molar-refractivity contribution < 1.29 is 33.8 Å². The Labute approximate surface area is 237 Å². The normalized spacial score (nSPS) is 35.0. The number of carbonyl (C=O) groups is 4. The summed E-state index contributed by atoms with van der Waals surface area (Å²) in [6.07, 6.45) is 7.14. The maximum absolute atomic E-state index is 14.5. The van der Waals surface area contributed by atoms with E-state index in [2.05, 4.69) is 26.1 Å². The molecule has 222 valence electrons. The van der Waals surface area contributed by atoms with E-state index in [-0.39, 0.29) is 36.8 Å². The van der Waals surface area contributed by atoms with Crippen LogP contribution in [0.2, 0.25) is 0 Å². The van der Waals surface area contributed by atoms with E-state index in [0.29, 0.717) is 13.0 Å². The third-order valence-corrected chi connectivity index (χ3v) is 8.40. The molecule has 4 aliphatic rings. The predicted octanol–water partition coefficient (Wildman–Crippen LogP) is 1.96. The Balaban J connectivity index is 1.81. The molecular weight excluding hydrogens is 514 g/mol. The number of hydrogen-bond donors (Lipinski definition) is 2. The minimum Gasteiger partial charge on any atom is -0.460 e. The number of aliphatic hydroxyl groups is 1. The summed E-state index contributed by atoms with van der Waals surface area (Å²) in [5.74, 6) is -3.44. The molecule has 2 saturated heterocycles. The predicted molar refractivity (Wildman–Crippen MR) is 148 cm³/mol. The molecule has 7 atom stereocenters. The van der Waals surface area contributed by atoms with Crippen molar-refractivity contribution in [2.75, 3.05) is 19.7 Å². The standard InChI is InChI=1S/C30H45N3O7/c1-18(16-34)33-24-26(37)32(29(6,7)17-28(3,4)5)14-10-13-30(24)23(25(33)36)22-20(40-30)11-8-9-12-21(35)31-15-19(2)39-27(22)38/h8,10-11,13,18-20,22-24,34H,9,12,14-17H2,1-7H3,(H,31,35)/b11-8-/t18-,19+,20+,22-,23-,24+,30-/m1/s1. The van der Waals surface area contributed by atoms with Gasteiger partial charge in [0.2, 0.25) is 17.7 Å². The van der Waals surface area contributed by atoms with Crippen molar-refractivity contribution in [3.63, 3.8) is 0 Å². The van der Waals surface area contributed by atoms with Crippen molar-refractivity contribution in [2.45, 2.75) is 103 Å². The Morgan fingerprint density at radius 3 is 2.48 bits per heavy atom. The highest BCUT2D eigenvalue weighted by Gasteiger charge is 2.72. The number of amides is 3. The van der Waals surface area contributed by atoms with Crippen LogP contribution in [0.25, 0.3) is 0 Å². The lowest BCUT2D eigenvalue weighted by atomic mass is 9.77. The average molecular weight is 560 g/mol. The summed E-state index contributed by atoms with van der Waals surface area (Å²) >= 11 is 0. The SMILES string of the molecule is C[C@H](CO)N1C(=O)[C@H]2[C@@H]3C(=O)O[C@@H](C)CNC(=O)CC/C=C\[C@@H]3O[C@]23C=CCN(C(C)(C)CC(C)(C)C)C(=O)[C@H]13. The van der Waals surface area contributed by atoms with Gasteiger partial charge in [-0.2, -0.15) is 0 Å². The molecule has 0 aromatic heterocycles. The van der Waals surface area contributed by atoms with Crippen LogP contribution >= 0.6 is 0 Å². The molecule has 0 aromatic carbocycles. The molecule has 10 heteroatoms. The summed E-state index contributed by atoms with van der Waals surface area (Å²) in [6, 6.07) is -1.73. The van der Waals surface area contributed by atoms with Crippen LogP contribution in [0.4, 0.5) is 0 Å². The summed E-state index contributed by atoms with van der Waals surface area (Å²) < 4.78 is 12.4. The molecule has 4 rings (SSSR count). The lowest BCUT2D eigenvalue weighted by Gasteiger charge is -2.45. The van der Waals surface area contributed by atoms with E-state index in [4.69, 9.17) is 9.47 Å². The van der Waals surface area contributed by atoms with Gasteiger partial charge in [0.1, 0.15) is 23.7 Å². The summed E-state index contributed by atoms with van der Waals surface area (Å²) in [5, 5.41) is 12.9. The second-order valence-corrected chi connectivity index (χ2v) is 13.5. The quantitative estimate of drug-likeness (QED) is 0.398. The second-order valence-electron chi connectivity index (χ2n) is 13.5. The third kappa shape index (κ3) is 5.44. The van der Waals surface area contributed by atoms with Crippen molar-refractivity contribution in [3.8, 4) is 0 Å². The van der Waals surface area contributed by atoms with Gasteiger partial charge >= 0.3 is 5.97 Å². The number of likely N-dealkylation sites (tertiary alicyclic amines) is 1. The molecule has 1 spiro atoms. The van der Waals surface area contributed by atoms with Crippen LogP contribution < -0.4 is 5.32 Å². The minimum atomic E-state index is -1.42. The number of allylic oxidation sites excluding steroid dienone is 1. The summed E-state index contributed by atoms with van der Waals surface area (Å²) in [7, 11) is 0. The third-order valence-electron chi connectivity index (χ3n) is 8.40. The van der Waals surface area contributed by atoms with Gasteiger partial charge in [-0.05, 0) is 46.0 Å². The van der Waals surface area contributed by atoms with Crippen molar-refractivity contribution in [3.05, 3.63) is 24.3 Å². The molecule has 2 N–H and O–H groups in total. The lowest BCUT2D eigenvalue weighted by Crippen LogP contribution is -2.61. The van der Waals surface area contributed by atoms with Gasteiger partial charge in [0.25, 0.3) is 0 Å². The maximum Gasteiger partial charge on any atom is 0.313 e. The highest BCUT2D eigenvalue weighted by molar-refractivity contribution is 5.99. The summed E-state index contributed by atoms with van der Waals surface area (Å²) in [4.78, 5) is 57.8. The molecular formula is C30H45N3O7. The van der Waals surface area contributed by atoms with Crippen molar-refractivity contribution >= 4 is 23.7 Å². The van der Waals surface area contributed by atoms with Crippen LogP contribution in [0.15, 0.2) is 24.3 Å². The first kappa shape index (κ1) is 30.2. The molecule has 2 fully saturated rings. The van der Waals surface area contributed by atoms with Gasteiger partial charge in [0.05, 0.1) is 31.2 Å². The number of nitrogens with zero attached hydrogens (tertiary/aromatic N) is 2. The number of fused-ring (bicyclic) bond motifs is 2. The number of rotatable bonds is 4. The highest BCUT2D eigenvalue weighted by Crippen LogP contribution is 2.54. The van der Waals surface area contributed by atoms with Crippen LogP contribution in [-0.4, -0.2) is 93.7 Å². The van der Waals surface area contributed by atoms with E-state index in [1.54, 1.807) is 37.0 Å². The molecule has 40 heavy (non-hydrogen) atoms. The molecule has 0 bridgehead atoms. The molecule has 4 aliphatic heterocycles. The van der Waals surface area contributed by atoms with Crippen LogP contribution in [0.1, 0.15) is 67.7 Å². The van der Waals surface area contributed by atoms with Gasteiger partial charge < -0.3 is 29.7 Å². The number of carbonyl (C=O) groups excluding carboxylic acids is 4. The molecule has 0 aromatic rings. The topological polar surface area (TPSA) is 125 Å². The molecule has 4 heterocycles. The summed E-state index contributed by atoms with van der Waals surface area (Å²) in [5.41, 5.74) is -2.02. The molecule has 0 radical (unpaired) electrons. The lowest BCUT2D eigenvalue weighted by molar-refractivity contribution is -0.160. The van der Waals surface area contributed by atoms with Crippen molar-refractivity contribution in [1.82, 2.24) is 15.1 Å². The first-order valence-corrected chi connectivity index (χ1v) is 14.4. The van der Waals surface area contributed by atoms with Gasteiger partial charge in [-0.1, -0.05) is 45.1 Å². The monoisotopic (exact) mass is 559 g/mol. The number of nitrogens with one attached hydrogen (secondary N) is 1. The Bertz CT molecular complexity index is 1090. The fraction of sp³-hybridized carbons (Fsp3) is 0.733. The van der Waals surface area contributed by atoms with Crippen LogP contribution in [0.5, 0.6) is 0 Å². The van der Waals surface area contributed by atoms with E-state index < -0.39 is 59.1 Å². The van der Waals surface area contributed by atoms with Crippen LogP contribution in [0, 0.1) is 17.3 Å². The maximum atomic E-state index is 14.5. The van der Waals surface area contributed by atoms with Gasteiger partial charge in [-0.3, -0.25) is 19.2 Å². The fourth-order valence-corrected chi connectivity index (χ4v) is 7.10. The number of ether oxygens (including phenoxy) is 2. The Hall–Kier alpha value is -2.72. The van der Waals surface area contributed by atoms with Gasteiger partial charge in [0.15, 0.2) is 0 Å². The van der Waals surface area contributed by atoms with E-state index >= 15 is 0 Å². The van der Waals surface area contributed by atoms with Gasteiger partial charge in [-0.15, -0.1) is 0 Å². The fourth-order valence-electron chi connectivity index (χ4n) is 7.10. The second kappa shape index (κ2) is 10.9. The van der Waals surface area contributed by atoms with Crippen molar-refractivity contribution in [2.24, 2.45) is 17.3 Å². The van der Waals surface area contributed by atoms with E-state index in [1.165, 1.54) is 4.90 Å². The van der Waals surface area contributed by atoms with Gasteiger partial charge in [0, 0.05) is 18.5 Å². The number of aliphatic hydroxyl groups excluding tert-OH is 1. The molecule has 10 nitrogen and oxygen atoms in total. The Morgan fingerprint density at radius 1 is 1.12 bits per heavy atom. The minimum absolute atomic E-state index is 0.0607. The number of cyclic esters (lactones) is 1. The first-order chi connectivity index (χ1) is 18.6. The molecule has 0 saturated carbocycles. The molecule has 3 amide bonds. The zero-order valence-electron chi connectivity index (χ0n) is 24.8. The number of esters is 1. The largest absolute Gasteiger partial charge is 0.460 e. The smallest absolute Gasteiger partial charge is 0.313 e. The Kier molecular flexibility index (Phi) is 8.26. The highest BCUT2D eigenvalue weighted by atomic mass is 16.6. The molecule has 0 aliphatic carbocycles. The van der Waals surface area contributed by atoms with E-state index in [0.717, 1.165) is 6.42 Å². The number of hydrogen-bond acceptors (Lipinski definition) is 7. The first-order valence-electron chi connectivity index (χ1n) is 14.4. The van der Waals surface area contributed by atoms with Crippen LogP contribution in [0.3, 0.4) is 0 Å². The van der Waals surface area contributed by atoms with E-state index in [1.807, 2.05) is 19.9 Å². The average Bonchev–Trinajstić information content (AvgIpc) is 3.23. The van der Waals surface area contributed by atoms with Crippen LogP contribution in [-0.2, 0) is 28.7 Å². The zero-order valence-corrected chi connectivity index (χ0v) is 24.8. The zero-order chi connectivity index (χ0) is 29.6. The summed E-state index contributed by atoms with van der Waals surface area (Å²) in [6.45, 7) is 13.9. The van der Waals surface area contributed by atoms with Gasteiger partial charge in [-0.25, -0.2) is 0 Å². The molecule has 0 unspecified atom stereocenters. The van der Waals surface area contributed by atoms with Crippen molar-refractivity contribution in [1.29, 1.82) is 0 Å². The van der Waals surface area contributed by atoms with E-state index in [9.17, 15) is 24.3 Å².